The van der Waals surface area contributed by atoms with Gasteiger partial charge in [-0.05, 0) is 17.7 Å². The number of hydrogen-bond donors (Lipinski definition) is 1. The number of hydrogen-bond acceptors (Lipinski definition) is 2. The smallest absolute Gasteiger partial charge is 0.318 e. The summed E-state index contributed by atoms with van der Waals surface area (Å²) in [6, 6.07) is 11.9. The van der Waals surface area contributed by atoms with Crippen LogP contribution in [-0.4, -0.2) is 5.78 Å². The first-order valence-corrected chi connectivity index (χ1v) is 5.91. The molecule has 0 aliphatic rings. The summed E-state index contributed by atoms with van der Waals surface area (Å²) in [6.07, 6.45) is -4.41. The Labute approximate surface area is 114 Å². The van der Waals surface area contributed by atoms with E-state index in [2.05, 4.69) is 0 Å². The number of benzene rings is 2. The zero-order valence-electron chi connectivity index (χ0n) is 10.4. The summed E-state index contributed by atoms with van der Waals surface area (Å²) in [4.78, 5) is 12.1. The zero-order valence-corrected chi connectivity index (χ0v) is 10.4. The highest BCUT2D eigenvalue weighted by molar-refractivity contribution is 6.00. The van der Waals surface area contributed by atoms with Crippen molar-refractivity contribution in [2.24, 2.45) is 5.73 Å². The van der Waals surface area contributed by atoms with Gasteiger partial charge in [0.2, 0.25) is 0 Å². The van der Waals surface area contributed by atoms with Gasteiger partial charge in [0.25, 0.3) is 0 Å². The van der Waals surface area contributed by atoms with E-state index in [1.54, 1.807) is 30.3 Å². The summed E-state index contributed by atoms with van der Waals surface area (Å²) in [5.41, 5.74) is 5.82. The third kappa shape index (κ3) is 3.05. The van der Waals surface area contributed by atoms with Gasteiger partial charge in [-0.25, -0.2) is 0 Å². The molecule has 0 amide bonds. The van der Waals surface area contributed by atoms with Gasteiger partial charge < -0.3 is 5.73 Å². The number of alkyl halides is 3. The molecular formula is C15H12F3NO. The fraction of sp³-hybridized carbons (Fsp3) is 0.133. The molecule has 0 saturated heterocycles. The van der Waals surface area contributed by atoms with Crippen LogP contribution in [0.1, 0.15) is 27.5 Å². The maximum Gasteiger partial charge on any atom is 0.416 e. The molecular weight excluding hydrogens is 267 g/mol. The molecule has 5 heteroatoms. The van der Waals surface area contributed by atoms with E-state index in [0.29, 0.717) is 5.56 Å². The summed E-state index contributed by atoms with van der Waals surface area (Å²) in [6.45, 7) is 0. The van der Waals surface area contributed by atoms with Crippen molar-refractivity contribution in [2.75, 3.05) is 0 Å². The Morgan fingerprint density at radius 1 is 0.950 bits per heavy atom. The minimum absolute atomic E-state index is 0.161. The third-order valence-corrected chi connectivity index (χ3v) is 2.94. The monoisotopic (exact) mass is 279 g/mol. The highest BCUT2D eigenvalue weighted by atomic mass is 19.4. The Morgan fingerprint density at radius 2 is 1.50 bits per heavy atom. The first-order chi connectivity index (χ1) is 9.39. The summed E-state index contributed by atoms with van der Waals surface area (Å²) in [5, 5.41) is 0. The van der Waals surface area contributed by atoms with Gasteiger partial charge >= 0.3 is 6.18 Å². The quantitative estimate of drug-likeness (QED) is 0.872. The molecule has 0 heterocycles. The highest BCUT2D eigenvalue weighted by Gasteiger charge is 2.30. The van der Waals surface area contributed by atoms with Crippen molar-refractivity contribution in [2.45, 2.75) is 12.2 Å². The van der Waals surface area contributed by atoms with Crippen molar-refractivity contribution >= 4 is 5.78 Å². The van der Waals surface area contributed by atoms with Gasteiger partial charge in [-0.15, -0.1) is 0 Å². The zero-order chi connectivity index (χ0) is 14.8. The maximum atomic E-state index is 12.4. The largest absolute Gasteiger partial charge is 0.416 e. The Balaban J connectivity index is 2.22. The number of Topliss-reactive ketones (excluding diaryl/α,β-unsaturated/α-hetero) is 1. The van der Waals surface area contributed by atoms with Gasteiger partial charge in [-0.1, -0.05) is 42.5 Å². The van der Waals surface area contributed by atoms with E-state index in [1.807, 2.05) is 0 Å². The highest BCUT2D eigenvalue weighted by Crippen LogP contribution is 2.29. The van der Waals surface area contributed by atoms with Gasteiger partial charge in [0.1, 0.15) is 0 Å². The second kappa shape index (κ2) is 5.46. The molecule has 1 atom stereocenters. The fourth-order valence-corrected chi connectivity index (χ4v) is 1.81. The molecule has 1 unspecified atom stereocenters. The van der Waals surface area contributed by atoms with Gasteiger partial charge in [0.15, 0.2) is 5.78 Å². The van der Waals surface area contributed by atoms with Crippen molar-refractivity contribution in [1.82, 2.24) is 0 Å². The second-order valence-electron chi connectivity index (χ2n) is 4.33. The van der Waals surface area contributed by atoms with Crippen LogP contribution in [0.25, 0.3) is 0 Å². The minimum atomic E-state index is -4.41. The average molecular weight is 279 g/mol. The molecule has 0 fully saturated rings. The topological polar surface area (TPSA) is 43.1 Å². The van der Waals surface area contributed by atoms with E-state index < -0.39 is 23.6 Å². The van der Waals surface area contributed by atoms with E-state index in [9.17, 15) is 18.0 Å². The lowest BCUT2D eigenvalue weighted by atomic mass is 9.97. The molecule has 2 N–H and O–H groups in total. The van der Waals surface area contributed by atoms with Crippen LogP contribution in [0.3, 0.4) is 0 Å². The van der Waals surface area contributed by atoms with E-state index in [4.69, 9.17) is 5.73 Å². The lowest BCUT2D eigenvalue weighted by Crippen LogP contribution is -2.21. The van der Waals surface area contributed by atoms with Crippen molar-refractivity contribution in [3.63, 3.8) is 0 Å². The summed E-state index contributed by atoms with van der Waals surface area (Å²) >= 11 is 0. The lowest BCUT2D eigenvalue weighted by molar-refractivity contribution is -0.137. The molecule has 2 rings (SSSR count). The van der Waals surface area contributed by atoms with Crippen molar-refractivity contribution in [3.05, 3.63) is 71.3 Å². The van der Waals surface area contributed by atoms with E-state index in [0.717, 1.165) is 24.3 Å². The molecule has 0 spiro atoms. The Kier molecular flexibility index (Phi) is 3.90. The number of carbonyl (C=O) groups excluding carboxylic acids is 1. The second-order valence-corrected chi connectivity index (χ2v) is 4.33. The van der Waals surface area contributed by atoms with Crippen molar-refractivity contribution in [3.8, 4) is 0 Å². The predicted molar refractivity (Wildman–Crippen MR) is 69.1 cm³/mol. The number of halogens is 3. The van der Waals surface area contributed by atoms with Crippen LogP contribution in [0.15, 0.2) is 54.6 Å². The van der Waals surface area contributed by atoms with Crippen LogP contribution in [0.4, 0.5) is 13.2 Å². The van der Waals surface area contributed by atoms with Crippen molar-refractivity contribution in [1.29, 1.82) is 0 Å². The number of ketones is 1. The summed E-state index contributed by atoms with van der Waals surface area (Å²) in [7, 11) is 0. The molecule has 0 saturated carbocycles. The van der Waals surface area contributed by atoms with E-state index >= 15 is 0 Å². The van der Waals surface area contributed by atoms with Gasteiger partial charge in [-0.3, -0.25) is 4.79 Å². The summed E-state index contributed by atoms with van der Waals surface area (Å²) in [5.74, 6) is -0.412. The molecule has 2 aromatic rings. The molecule has 20 heavy (non-hydrogen) atoms. The SMILES string of the molecule is NC(C(=O)c1ccc(C(F)(F)F)cc1)c1ccccc1. The molecule has 0 aliphatic carbocycles. The Morgan fingerprint density at radius 3 is 2.00 bits per heavy atom. The minimum Gasteiger partial charge on any atom is -0.318 e. The van der Waals surface area contributed by atoms with Crippen LogP contribution in [-0.2, 0) is 6.18 Å². The summed E-state index contributed by atoms with van der Waals surface area (Å²) < 4.78 is 37.3. The van der Waals surface area contributed by atoms with Gasteiger partial charge in [0, 0.05) is 5.56 Å². The molecule has 2 aromatic carbocycles. The number of carbonyl (C=O) groups is 1. The molecule has 0 bridgehead atoms. The molecule has 0 aromatic heterocycles. The third-order valence-electron chi connectivity index (χ3n) is 2.94. The first-order valence-electron chi connectivity index (χ1n) is 5.91. The van der Waals surface area contributed by atoms with Crippen LogP contribution in [0.5, 0.6) is 0 Å². The molecule has 0 aliphatic heterocycles. The van der Waals surface area contributed by atoms with Crippen LogP contribution in [0.2, 0.25) is 0 Å². The molecule has 104 valence electrons. The average Bonchev–Trinajstić information content (AvgIpc) is 2.46. The maximum absolute atomic E-state index is 12.4. The van der Waals surface area contributed by atoms with E-state index in [-0.39, 0.29) is 5.56 Å². The predicted octanol–water partition coefficient (Wildman–Crippen LogP) is 3.59. The van der Waals surface area contributed by atoms with Crippen LogP contribution in [0, 0.1) is 0 Å². The van der Waals surface area contributed by atoms with Gasteiger partial charge in [0.05, 0.1) is 11.6 Å². The fourth-order valence-electron chi connectivity index (χ4n) is 1.81. The Hall–Kier alpha value is -2.14. The Bertz CT molecular complexity index is 591. The van der Waals surface area contributed by atoms with Gasteiger partial charge in [-0.2, -0.15) is 13.2 Å². The lowest BCUT2D eigenvalue weighted by Gasteiger charge is -2.12. The normalized spacial score (nSPS) is 13.0. The van der Waals surface area contributed by atoms with E-state index in [1.165, 1.54) is 0 Å². The standard InChI is InChI=1S/C15H12F3NO/c16-15(17,18)12-8-6-11(7-9-12)14(20)13(19)10-4-2-1-3-5-10/h1-9,13H,19H2. The first kappa shape index (κ1) is 14.3. The number of rotatable bonds is 3. The van der Waals surface area contributed by atoms with Crippen LogP contribution < -0.4 is 5.73 Å². The molecule has 0 radical (unpaired) electrons. The number of nitrogens with two attached hydrogens (primary N) is 1. The van der Waals surface area contributed by atoms with Crippen LogP contribution >= 0.6 is 0 Å². The van der Waals surface area contributed by atoms with Crippen molar-refractivity contribution < 1.29 is 18.0 Å². The molecule has 2 nitrogen and oxygen atoms in total.